The molecule has 4 fully saturated rings. The van der Waals surface area contributed by atoms with Crippen LogP contribution in [0.4, 0.5) is 0 Å². The smallest absolute Gasteiger partial charge is 0.366 e. The highest BCUT2D eigenvalue weighted by Crippen LogP contribution is 2.57. The van der Waals surface area contributed by atoms with Crippen molar-refractivity contribution in [2.75, 3.05) is 33.0 Å². The number of aryl methyl sites for hydroxylation is 3. The summed E-state index contributed by atoms with van der Waals surface area (Å²) >= 11 is 0. The molecule has 1 aromatic heterocycles. The monoisotopic (exact) mass is 826 g/mol. The van der Waals surface area contributed by atoms with Crippen LogP contribution in [0.15, 0.2) is 52.8 Å². The van der Waals surface area contributed by atoms with Crippen molar-refractivity contribution in [2.24, 2.45) is 40.7 Å². The van der Waals surface area contributed by atoms with Crippen molar-refractivity contribution in [1.29, 1.82) is 0 Å². The van der Waals surface area contributed by atoms with Gasteiger partial charge in [0.05, 0.1) is 31.1 Å². The Kier molecular flexibility index (Phi) is 16.8. The quantitative estimate of drug-likeness (QED) is 0.0490. The molecule has 1 heterocycles. The topological polar surface area (TPSA) is 163 Å². The number of allylic oxidation sites excluding steroid dienone is 4. The Bertz CT molecular complexity index is 1870. The van der Waals surface area contributed by atoms with Crippen LogP contribution in [0.3, 0.4) is 0 Å². The molecule has 4 bridgehead atoms. The summed E-state index contributed by atoms with van der Waals surface area (Å²) in [6.45, 7) is 11.2. The summed E-state index contributed by atoms with van der Waals surface area (Å²) in [7, 11) is 0. The molecule has 0 spiro atoms. The Balaban J connectivity index is 0.731. The Morgan fingerprint density at radius 2 is 1.62 bits per heavy atom. The molecule has 60 heavy (non-hydrogen) atoms. The van der Waals surface area contributed by atoms with E-state index in [1.807, 2.05) is 16.9 Å². The highest BCUT2D eigenvalue weighted by Gasteiger charge is 2.47. The minimum atomic E-state index is -0.599. The summed E-state index contributed by atoms with van der Waals surface area (Å²) in [5.41, 5.74) is 4.29. The van der Waals surface area contributed by atoms with E-state index in [9.17, 15) is 19.2 Å². The van der Waals surface area contributed by atoms with Crippen molar-refractivity contribution < 1.29 is 33.5 Å². The number of ether oxygens (including phenoxy) is 2. The number of oxime groups is 1. The molecule has 2 aromatic rings. The number of hydrogen-bond donors (Lipinski definition) is 2. The molecule has 13 nitrogen and oxygen atoms in total. The Morgan fingerprint density at radius 1 is 0.883 bits per heavy atom. The van der Waals surface area contributed by atoms with E-state index < -0.39 is 5.97 Å². The van der Waals surface area contributed by atoms with Crippen molar-refractivity contribution in [2.45, 2.75) is 124 Å². The van der Waals surface area contributed by atoms with E-state index in [0.29, 0.717) is 73.9 Å². The van der Waals surface area contributed by atoms with Crippen LogP contribution in [0.5, 0.6) is 0 Å². The second-order valence-corrected chi connectivity index (χ2v) is 17.8. The van der Waals surface area contributed by atoms with E-state index in [1.165, 1.54) is 44.6 Å². The third kappa shape index (κ3) is 13.3. The molecule has 1 aromatic carbocycles. The molecule has 0 saturated heterocycles. The highest BCUT2D eigenvalue weighted by molar-refractivity contribution is 6.21. The molecule has 4 saturated carbocycles. The molecule has 1 atom stereocenters. The van der Waals surface area contributed by atoms with Gasteiger partial charge in [0.25, 0.3) is 0 Å². The molecule has 5 aliphatic carbocycles. The third-order valence-electron chi connectivity index (χ3n) is 13.1. The molecule has 0 aliphatic heterocycles. The molecule has 5 aliphatic rings. The number of ketones is 1. The maximum atomic E-state index is 12.7. The number of nitrogens with one attached hydrogen (secondary N) is 2. The minimum absolute atomic E-state index is 0.0675. The van der Waals surface area contributed by atoms with Crippen LogP contribution >= 0.6 is 0 Å². The van der Waals surface area contributed by atoms with Gasteiger partial charge in [0.2, 0.25) is 11.8 Å². The van der Waals surface area contributed by atoms with Gasteiger partial charge in [0.15, 0.2) is 5.78 Å². The molecule has 326 valence electrons. The Morgan fingerprint density at radius 3 is 2.37 bits per heavy atom. The fraction of sp³-hybridized carbons (Fsp3) is 0.638. The lowest BCUT2D eigenvalue weighted by atomic mass is 9.51. The number of nitrogens with zero attached hydrogens (tertiary/aromatic N) is 4. The number of benzene rings is 1. The van der Waals surface area contributed by atoms with Crippen LogP contribution in [-0.4, -0.2) is 77.2 Å². The number of unbranched alkanes of at least 4 members (excludes halogenated alkanes) is 3. The van der Waals surface area contributed by atoms with Gasteiger partial charge in [-0.15, -0.1) is 5.10 Å². The van der Waals surface area contributed by atoms with Crippen LogP contribution in [0.25, 0.3) is 0 Å². The van der Waals surface area contributed by atoms with Gasteiger partial charge in [-0.1, -0.05) is 42.3 Å². The third-order valence-corrected chi connectivity index (χ3v) is 13.1. The second-order valence-electron chi connectivity index (χ2n) is 17.8. The highest BCUT2D eigenvalue weighted by atomic mass is 16.7. The maximum absolute atomic E-state index is 12.7. The summed E-state index contributed by atoms with van der Waals surface area (Å²) in [6, 6.07) is 5.26. The van der Waals surface area contributed by atoms with Gasteiger partial charge in [-0.25, -0.2) is 4.79 Å². The summed E-state index contributed by atoms with van der Waals surface area (Å²) in [4.78, 5) is 54.8. The lowest BCUT2D eigenvalue weighted by Gasteiger charge is -2.54. The van der Waals surface area contributed by atoms with E-state index in [-0.39, 0.29) is 29.9 Å². The average Bonchev–Trinajstić information content (AvgIpc) is 3.68. The number of hydrogen-bond acceptors (Lipinski definition) is 10. The number of aromatic nitrogens is 3. The van der Waals surface area contributed by atoms with Gasteiger partial charge < -0.3 is 24.9 Å². The van der Waals surface area contributed by atoms with E-state index in [4.69, 9.17) is 14.3 Å². The minimum Gasteiger partial charge on any atom is -0.379 e. The van der Waals surface area contributed by atoms with Gasteiger partial charge in [0, 0.05) is 51.2 Å². The van der Waals surface area contributed by atoms with Crippen LogP contribution in [-0.2, 0) is 48.2 Å². The van der Waals surface area contributed by atoms with Crippen LogP contribution in [0, 0.1) is 42.4 Å². The fourth-order valence-electron chi connectivity index (χ4n) is 9.83. The Hall–Kier alpha value is -4.49. The van der Waals surface area contributed by atoms with E-state index in [0.717, 1.165) is 79.5 Å². The van der Waals surface area contributed by atoms with Gasteiger partial charge in [-0.2, -0.15) is 0 Å². The number of amides is 2. The molecule has 2 amide bonds. The van der Waals surface area contributed by atoms with Crippen molar-refractivity contribution in [1.82, 2.24) is 25.6 Å². The molecule has 0 unspecified atom stereocenters. The van der Waals surface area contributed by atoms with Crippen molar-refractivity contribution in [3.63, 3.8) is 0 Å². The van der Waals surface area contributed by atoms with Crippen LogP contribution in [0.1, 0.15) is 125 Å². The van der Waals surface area contributed by atoms with Crippen molar-refractivity contribution in [3.05, 3.63) is 70.1 Å². The van der Waals surface area contributed by atoms with Crippen molar-refractivity contribution >= 4 is 29.3 Å². The first-order chi connectivity index (χ1) is 29.0. The summed E-state index contributed by atoms with van der Waals surface area (Å²) in [5, 5.41) is 18.4. The summed E-state index contributed by atoms with van der Waals surface area (Å²) in [6.07, 6.45) is 19.4. The second kappa shape index (κ2) is 22.4. The molecule has 0 radical (unpaired) electrons. The lowest BCUT2D eigenvalue weighted by molar-refractivity contribution is -0.125. The van der Waals surface area contributed by atoms with Gasteiger partial charge in [-0.3, -0.25) is 19.1 Å². The SMILES string of the molecule is CC1=C/C(=N\OC(=O)c2ccc(CNC(=O)CCc3cn(CCCCCCOCCOCCNC(=O)[C@H](C)CCC4C5CC6CC(C5)CC4C6)nn3)cc2C)C(C)=CC1=O. The van der Waals surface area contributed by atoms with Crippen LogP contribution in [0.2, 0.25) is 0 Å². The van der Waals surface area contributed by atoms with Gasteiger partial charge >= 0.3 is 5.97 Å². The Labute approximate surface area is 355 Å². The molecular formula is C47H66N6O7. The lowest BCUT2D eigenvalue weighted by Crippen LogP contribution is -2.45. The zero-order chi connectivity index (χ0) is 42.4. The van der Waals surface area contributed by atoms with Gasteiger partial charge in [0.1, 0.15) is 5.71 Å². The predicted molar refractivity (Wildman–Crippen MR) is 229 cm³/mol. The first kappa shape index (κ1) is 45.0. The molecule has 2 N–H and O–H groups in total. The normalized spacial score (nSPS) is 23.0. The first-order valence-corrected chi connectivity index (χ1v) is 22.4. The first-order valence-electron chi connectivity index (χ1n) is 22.4. The standard InChI is InChI=1S/C47H66N6O7/c1-31(9-12-42-38-25-36-24-37(27-38)28-39(42)26-36)46(56)48-15-18-59-20-19-58-17-8-6-5-7-16-53-30-40(50-52-53)11-14-45(55)49-29-35-10-13-41(32(2)21-35)47(57)60-51-43-22-34(4)44(54)23-33(43)3/h10,13,21-23,30-31,36-39,42H,5-9,11-12,14-20,24-29H2,1-4H3,(H,48,56)(H,49,55)/b51-43+/t31-,36?,37?,38?,39?,42?/m1/s1. The number of carbonyl (C=O) groups excluding carboxylic acids is 4. The number of carbonyl (C=O) groups is 4. The van der Waals surface area contributed by atoms with E-state index in [2.05, 4.69) is 33.0 Å². The molecular weight excluding hydrogens is 761 g/mol. The molecule has 7 rings (SSSR count). The zero-order valence-corrected chi connectivity index (χ0v) is 36.2. The molecule has 13 heteroatoms. The van der Waals surface area contributed by atoms with E-state index >= 15 is 0 Å². The van der Waals surface area contributed by atoms with Crippen molar-refractivity contribution in [3.8, 4) is 0 Å². The predicted octanol–water partition coefficient (Wildman–Crippen LogP) is 7.02. The van der Waals surface area contributed by atoms with Gasteiger partial charge in [-0.05, 0) is 149 Å². The maximum Gasteiger partial charge on any atom is 0.366 e. The average molecular weight is 827 g/mol. The fourth-order valence-corrected chi connectivity index (χ4v) is 9.83. The van der Waals surface area contributed by atoms with Crippen LogP contribution < -0.4 is 10.6 Å². The number of rotatable bonds is 24. The largest absolute Gasteiger partial charge is 0.379 e. The zero-order valence-electron chi connectivity index (χ0n) is 36.2. The summed E-state index contributed by atoms with van der Waals surface area (Å²) in [5.74, 6) is 4.18. The summed E-state index contributed by atoms with van der Waals surface area (Å²) < 4.78 is 13.2. The van der Waals surface area contributed by atoms with E-state index in [1.54, 1.807) is 39.0 Å².